The van der Waals surface area contributed by atoms with Gasteiger partial charge in [0.15, 0.2) is 0 Å². The van der Waals surface area contributed by atoms with Crippen molar-refractivity contribution in [2.24, 2.45) is 0 Å². The second-order valence-corrected chi connectivity index (χ2v) is 7.72. The number of likely N-dealkylation sites (tertiary alicyclic amines) is 1. The lowest BCUT2D eigenvalue weighted by Crippen LogP contribution is -2.38. The molecular weight excluding hydrogens is 368 g/mol. The van der Waals surface area contributed by atoms with Gasteiger partial charge < -0.3 is 0 Å². The van der Waals surface area contributed by atoms with Gasteiger partial charge in [-0.1, -0.05) is 52.0 Å². The molecule has 2 fully saturated rings. The minimum absolute atomic E-state index is 0.0276. The van der Waals surface area contributed by atoms with Gasteiger partial charge in [0.1, 0.15) is 4.32 Å². The standard InChI is InChI=1S/C15H15BrN2OS2/c16-12-5-3-11(4-6-12)9-13-14(19)18(15(20)21-13)10-17-7-1-2-8-17/h3-6,9H,1-2,7-8,10H2/b13-9-. The van der Waals surface area contributed by atoms with Crippen molar-refractivity contribution >= 4 is 56.2 Å². The van der Waals surface area contributed by atoms with Crippen LogP contribution in [0.15, 0.2) is 33.6 Å². The monoisotopic (exact) mass is 382 g/mol. The third-order valence-corrected chi connectivity index (χ3v) is 5.49. The Labute approximate surface area is 142 Å². The van der Waals surface area contributed by atoms with Crippen LogP contribution in [0.2, 0.25) is 0 Å². The van der Waals surface area contributed by atoms with Gasteiger partial charge in [-0.05, 0) is 49.7 Å². The normalized spacial score (nSPS) is 21.8. The molecule has 1 aromatic rings. The minimum atomic E-state index is 0.0276. The molecule has 3 nitrogen and oxygen atoms in total. The molecule has 0 radical (unpaired) electrons. The van der Waals surface area contributed by atoms with Gasteiger partial charge in [-0.3, -0.25) is 14.6 Å². The van der Waals surface area contributed by atoms with Gasteiger partial charge in [-0.25, -0.2) is 0 Å². The van der Waals surface area contributed by atoms with E-state index in [-0.39, 0.29) is 5.91 Å². The Hall–Kier alpha value is -0.690. The largest absolute Gasteiger partial charge is 0.286 e. The SMILES string of the molecule is O=C1/C(=C/c2ccc(Br)cc2)SC(=S)N1CN1CCCC1. The lowest BCUT2D eigenvalue weighted by atomic mass is 10.2. The van der Waals surface area contributed by atoms with Crippen molar-refractivity contribution in [2.45, 2.75) is 12.8 Å². The second kappa shape index (κ2) is 6.60. The Morgan fingerprint density at radius 1 is 1.24 bits per heavy atom. The van der Waals surface area contributed by atoms with Crippen molar-refractivity contribution in [3.05, 3.63) is 39.2 Å². The van der Waals surface area contributed by atoms with Crippen LogP contribution in [0.25, 0.3) is 6.08 Å². The Kier molecular flexibility index (Phi) is 4.78. The molecule has 0 N–H and O–H groups in total. The third-order valence-electron chi connectivity index (χ3n) is 3.58. The number of nitrogens with zero attached hydrogens (tertiary/aromatic N) is 2. The quantitative estimate of drug-likeness (QED) is 0.587. The number of amides is 1. The highest BCUT2D eigenvalue weighted by Gasteiger charge is 2.33. The van der Waals surface area contributed by atoms with Crippen molar-refractivity contribution in [1.82, 2.24) is 9.80 Å². The highest BCUT2D eigenvalue weighted by atomic mass is 79.9. The number of halogens is 1. The Bertz CT molecular complexity index is 594. The van der Waals surface area contributed by atoms with E-state index in [2.05, 4.69) is 20.8 Å². The van der Waals surface area contributed by atoms with E-state index in [0.29, 0.717) is 15.9 Å². The molecule has 2 heterocycles. The maximum absolute atomic E-state index is 12.5. The van der Waals surface area contributed by atoms with Crippen LogP contribution in [-0.4, -0.2) is 39.8 Å². The molecule has 2 aliphatic heterocycles. The summed E-state index contributed by atoms with van der Waals surface area (Å²) in [5.41, 5.74) is 1.01. The molecule has 2 saturated heterocycles. The molecule has 0 saturated carbocycles. The maximum Gasteiger partial charge on any atom is 0.267 e. The van der Waals surface area contributed by atoms with Crippen LogP contribution < -0.4 is 0 Å². The summed E-state index contributed by atoms with van der Waals surface area (Å²) >= 11 is 10.2. The molecule has 0 unspecified atom stereocenters. The highest BCUT2D eigenvalue weighted by molar-refractivity contribution is 9.10. The molecule has 0 atom stereocenters. The van der Waals surface area contributed by atoms with Crippen molar-refractivity contribution in [3.63, 3.8) is 0 Å². The molecule has 0 aliphatic carbocycles. The van der Waals surface area contributed by atoms with Crippen molar-refractivity contribution < 1.29 is 4.79 Å². The van der Waals surface area contributed by atoms with Crippen LogP contribution in [0.3, 0.4) is 0 Å². The Balaban J connectivity index is 1.74. The van der Waals surface area contributed by atoms with Crippen LogP contribution in [0, 0.1) is 0 Å². The Morgan fingerprint density at radius 3 is 2.57 bits per heavy atom. The van der Waals surface area contributed by atoms with Gasteiger partial charge in [-0.2, -0.15) is 0 Å². The smallest absolute Gasteiger partial charge is 0.267 e. The molecule has 0 bridgehead atoms. The minimum Gasteiger partial charge on any atom is -0.286 e. The zero-order chi connectivity index (χ0) is 14.8. The summed E-state index contributed by atoms with van der Waals surface area (Å²) in [6.07, 6.45) is 4.34. The fraction of sp³-hybridized carbons (Fsp3) is 0.333. The summed E-state index contributed by atoms with van der Waals surface area (Å²) in [6, 6.07) is 7.90. The number of hydrogen-bond acceptors (Lipinski definition) is 4. The Morgan fingerprint density at radius 2 is 1.90 bits per heavy atom. The summed E-state index contributed by atoms with van der Waals surface area (Å²) in [5.74, 6) is 0.0276. The molecule has 0 spiro atoms. The summed E-state index contributed by atoms with van der Waals surface area (Å²) in [5, 5.41) is 0. The molecule has 0 aromatic heterocycles. The van der Waals surface area contributed by atoms with E-state index in [9.17, 15) is 4.79 Å². The zero-order valence-electron chi connectivity index (χ0n) is 11.4. The fourth-order valence-corrected chi connectivity index (χ4v) is 3.96. The first-order valence-electron chi connectivity index (χ1n) is 6.87. The first-order valence-corrected chi connectivity index (χ1v) is 8.88. The van der Waals surface area contributed by atoms with Gasteiger partial charge in [-0.15, -0.1) is 0 Å². The summed E-state index contributed by atoms with van der Waals surface area (Å²) in [7, 11) is 0. The van der Waals surface area contributed by atoms with Crippen LogP contribution in [0.1, 0.15) is 18.4 Å². The van der Waals surface area contributed by atoms with Crippen molar-refractivity contribution in [1.29, 1.82) is 0 Å². The predicted octanol–water partition coefficient (Wildman–Crippen LogP) is 3.70. The number of carbonyl (C=O) groups is 1. The topological polar surface area (TPSA) is 23.6 Å². The van der Waals surface area contributed by atoms with Gasteiger partial charge in [0.25, 0.3) is 5.91 Å². The van der Waals surface area contributed by atoms with E-state index >= 15 is 0 Å². The number of benzene rings is 1. The molecule has 2 aliphatic rings. The molecular formula is C15H15BrN2OS2. The number of thioether (sulfide) groups is 1. The average Bonchev–Trinajstić information content (AvgIpc) is 3.06. The van der Waals surface area contributed by atoms with E-state index in [1.165, 1.54) is 24.6 Å². The zero-order valence-corrected chi connectivity index (χ0v) is 14.6. The lowest BCUT2D eigenvalue weighted by Gasteiger charge is -2.22. The van der Waals surface area contributed by atoms with Gasteiger partial charge in [0, 0.05) is 4.47 Å². The van der Waals surface area contributed by atoms with Crippen LogP contribution >= 0.6 is 39.9 Å². The number of carbonyl (C=O) groups excluding carboxylic acids is 1. The lowest BCUT2D eigenvalue weighted by molar-refractivity contribution is -0.123. The van der Waals surface area contributed by atoms with E-state index in [1.807, 2.05) is 30.3 Å². The molecule has 110 valence electrons. The second-order valence-electron chi connectivity index (χ2n) is 5.13. The third kappa shape index (κ3) is 3.56. The number of hydrogen-bond donors (Lipinski definition) is 0. The van der Waals surface area contributed by atoms with Gasteiger partial charge in [0.05, 0.1) is 11.6 Å². The number of thiocarbonyl (C=S) groups is 1. The van der Waals surface area contributed by atoms with Crippen LogP contribution in [0.5, 0.6) is 0 Å². The predicted molar refractivity (Wildman–Crippen MR) is 94.8 cm³/mol. The summed E-state index contributed by atoms with van der Waals surface area (Å²) in [4.78, 5) is 17.2. The fourth-order valence-electron chi connectivity index (χ4n) is 2.46. The maximum atomic E-state index is 12.5. The van der Waals surface area contributed by atoms with Gasteiger partial charge >= 0.3 is 0 Å². The molecule has 3 rings (SSSR count). The first kappa shape index (κ1) is 15.2. The van der Waals surface area contributed by atoms with Crippen LogP contribution in [0.4, 0.5) is 0 Å². The van der Waals surface area contributed by atoms with Crippen molar-refractivity contribution in [2.75, 3.05) is 19.8 Å². The van der Waals surface area contributed by atoms with Crippen molar-refractivity contribution in [3.8, 4) is 0 Å². The highest BCUT2D eigenvalue weighted by Crippen LogP contribution is 2.33. The van der Waals surface area contributed by atoms with E-state index in [0.717, 1.165) is 23.1 Å². The molecule has 6 heteroatoms. The summed E-state index contributed by atoms with van der Waals surface area (Å²) in [6.45, 7) is 2.74. The van der Waals surface area contributed by atoms with E-state index in [4.69, 9.17) is 12.2 Å². The van der Waals surface area contributed by atoms with Crippen LogP contribution in [-0.2, 0) is 4.79 Å². The summed E-state index contributed by atoms with van der Waals surface area (Å²) < 4.78 is 1.69. The van der Waals surface area contributed by atoms with Gasteiger partial charge in [0.2, 0.25) is 0 Å². The number of rotatable bonds is 3. The van der Waals surface area contributed by atoms with E-state index < -0.39 is 0 Å². The molecule has 21 heavy (non-hydrogen) atoms. The molecule has 1 amide bonds. The molecule has 1 aromatic carbocycles. The first-order chi connectivity index (χ1) is 10.1. The average molecular weight is 383 g/mol. The van der Waals surface area contributed by atoms with E-state index in [1.54, 1.807) is 4.90 Å².